The number of nitriles is 2. The Morgan fingerprint density at radius 3 is 2.81 bits per heavy atom. The quantitative estimate of drug-likeness (QED) is 0.373. The zero-order valence-electron chi connectivity index (χ0n) is 19.7. The summed E-state index contributed by atoms with van der Waals surface area (Å²) >= 11 is 1.03. The maximum absolute atomic E-state index is 13.3. The van der Waals surface area contributed by atoms with Gasteiger partial charge in [-0.3, -0.25) is 0 Å². The number of nitrogens with zero attached hydrogens (tertiary/aromatic N) is 4. The van der Waals surface area contributed by atoms with Crippen molar-refractivity contribution >= 4 is 27.0 Å². The molecular weight excluding hydrogens is 496 g/mol. The fourth-order valence-electron chi connectivity index (χ4n) is 4.94. The van der Waals surface area contributed by atoms with Crippen LogP contribution in [0.5, 0.6) is 0 Å². The maximum Gasteiger partial charge on any atom is 0.337 e. The number of anilines is 1. The molecule has 11 heteroatoms. The smallest absolute Gasteiger partial charge is 0.337 e. The minimum absolute atomic E-state index is 0.110. The van der Waals surface area contributed by atoms with Gasteiger partial charge in [-0.2, -0.15) is 18.9 Å². The number of hydrogen-bond acceptors (Lipinski definition) is 9. The lowest BCUT2D eigenvalue weighted by Gasteiger charge is -2.24. The van der Waals surface area contributed by atoms with E-state index in [1.54, 1.807) is 18.3 Å². The van der Waals surface area contributed by atoms with Crippen LogP contribution in [-0.4, -0.2) is 38.6 Å². The highest BCUT2D eigenvalue weighted by Crippen LogP contribution is 2.38. The molecule has 2 N–H and O–H groups in total. The summed E-state index contributed by atoms with van der Waals surface area (Å²) in [6.45, 7) is 0.875. The third-order valence-corrected chi connectivity index (χ3v) is 10.1. The van der Waals surface area contributed by atoms with Gasteiger partial charge >= 0.3 is 10.0 Å². The van der Waals surface area contributed by atoms with E-state index in [1.807, 2.05) is 31.3 Å². The number of hydroxylamine groups is 1. The number of aromatic nitrogens is 1. The molecule has 2 aliphatic rings. The maximum atomic E-state index is 13.3. The van der Waals surface area contributed by atoms with E-state index >= 15 is 0 Å². The normalized spacial score (nSPS) is 16.0. The Kier molecular flexibility index (Phi) is 6.51. The van der Waals surface area contributed by atoms with E-state index in [4.69, 9.17) is 0 Å². The molecule has 9 nitrogen and oxygen atoms in total. The first-order valence-corrected chi connectivity index (χ1v) is 13.9. The minimum atomic E-state index is -4.34. The van der Waals surface area contributed by atoms with Crippen LogP contribution < -0.4 is 9.79 Å². The average Bonchev–Trinajstić information content (AvgIpc) is 3.51. The van der Waals surface area contributed by atoms with Crippen LogP contribution in [0, 0.1) is 27.9 Å². The van der Waals surface area contributed by atoms with Gasteiger partial charge < -0.3 is 15.4 Å². The summed E-state index contributed by atoms with van der Waals surface area (Å²) in [5.41, 5.74) is 5.59. The standard InChI is InChI=1S/C25H24N6O3S2/c1-30-10-8-21-22(13-27)25(35-23(21)14-30)36(33,34)31(32)15-29-24-19-4-2-3-16(19)5-6-20(24)17-7-9-28-18(11-17)12-26/h5-7,9,11,29,31H,2-4,8,10,14-15H2,1H3. The molecule has 3 aromatic rings. The molecule has 184 valence electrons. The van der Waals surface area contributed by atoms with E-state index in [-0.39, 0.29) is 15.5 Å². The molecule has 1 atom stereocenters. The molecule has 1 unspecified atom stereocenters. The number of nitrogens with one attached hydrogen (secondary N) is 2. The van der Waals surface area contributed by atoms with Crippen LogP contribution >= 0.6 is 11.3 Å². The van der Waals surface area contributed by atoms with Crippen LogP contribution in [0.1, 0.15) is 39.2 Å². The number of pyridine rings is 1. The van der Waals surface area contributed by atoms with Crippen LogP contribution in [0.4, 0.5) is 5.69 Å². The average molecular weight is 521 g/mol. The Hall–Kier alpha value is -3.32. The lowest BCUT2D eigenvalue weighted by atomic mass is 9.97. The Labute approximate surface area is 213 Å². The van der Waals surface area contributed by atoms with Crippen molar-refractivity contribution in [3.63, 3.8) is 0 Å². The summed E-state index contributed by atoms with van der Waals surface area (Å²) in [6.07, 6.45) is 4.84. The Morgan fingerprint density at radius 2 is 2.03 bits per heavy atom. The van der Waals surface area contributed by atoms with Gasteiger partial charge in [-0.25, -0.2) is 9.45 Å². The lowest BCUT2D eigenvalue weighted by molar-refractivity contribution is -0.702. The molecular formula is C25H24N6O3S2. The predicted octanol–water partition coefficient (Wildman–Crippen LogP) is 2.17. The lowest BCUT2D eigenvalue weighted by Crippen LogP contribution is -3.10. The summed E-state index contributed by atoms with van der Waals surface area (Å²) in [5, 5.41) is 35.2. The molecule has 1 aliphatic carbocycles. The summed E-state index contributed by atoms with van der Waals surface area (Å²) in [6, 6.07) is 11.5. The number of quaternary nitrogens is 1. The van der Waals surface area contributed by atoms with Crippen LogP contribution in [0.25, 0.3) is 11.1 Å². The Bertz CT molecular complexity index is 1530. The molecule has 0 radical (unpaired) electrons. The number of fused-ring (bicyclic) bond motifs is 2. The number of rotatable bonds is 6. The first-order chi connectivity index (χ1) is 17.3. The monoisotopic (exact) mass is 520 g/mol. The molecule has 0 bridgehead atoms. The third kappa shape index (κ3) is 4.26. The van der Waals surface area contributed by atoms with Crippen molar-refractivity contribution in [3.8, 4) is 23.3 Å². The van der Waals surface area contributed by atoms with Gasteiger partial charge in [0.1, 0.15) is 17.8 Å². The van der Waals surface area contributed by atoms with Crippen LogP contribution in [-0.2, 0) is 35.8 Å². The molecule has 1 aliphatic heterocycles. The van der Waals surface area contributed by atoms with Crippen molar-refractivity contribution in [3.05, 3.63) is 68.5 Å². The molecule has 5 rings (SSSR count). The van der Waals surface area contributed by atoms with Crippen LogP contribution in [0.3, 0.4) is 0 Å². The fourth-order valence-corrected chi connectivity index (χ4v) is 7.97. The van der Waals surface area contributed by atoms with Crippen LogP contribution in [0.2, 0.25) is 0 Å². The Balaban J connectivity index is 1.47. The number of benzene rings is 1. The second-order valence-electron chi connectivity index (χ2n) is 9.02. The van der Waals surface area contributed by atoms with E-state index < -0.39 is 21.2 Å². The van der Waals surface area contributed by atoms with E-state index in [9.17, 15) is 24.1 Å². The summed E-state index contributed by atoms with van der Waals surface area (Å²) in [7, 11) is -2.40. The number of hydrogen-bond donors (Lipinski definition) is 2. The molecule has 2 aromatic heterocycles. The highest BCUT2D eigenvalue weighted by Gasteiger charge is 2.34. The summed E-state index contributed by atoms with van der Waals surface area (Å²) in [5.74, 6) is 0. The first-order valence-electron chi connectivity index (χ1n) is 11.6. The fraction of sp³-hybridized carbons (Fsp3) is 0.320. The van der Waals surface area contributed by atoms with Crippen molar-refractivity contribution < 1.29 is 12.9 Å². The molecule has 0 amide bonds. The third-order valence-electron chi connectivity index (χ3n) is 6.75. The highest BCUT2D eigenvalue weighted by molar-refractivity contribution is 7.87. The van der Waals surface area contributed by atoms with Crippen molar-refractivity contribution in [2.24, 2.45) is 0 Å². The molecule has 0 spiro atoms. The summed E-state index contributed by atoms with van der Waals surface area (Å²) < 4.78 is 25.5. The van der Waals surface area contributed by atoms with Crippen molar-refractivity contribution in [2.45, 2.75) is 36.4 Å². The SMILES string of the molecule is CN1CCc2c(sc(S(=O)(=O)[NH+]([O-])CNc3c(-c4ccnc(C#N)c4)ccc4c3CCC4)c2C#N)C1. The number of aryl methyl sites for hydroxylation is 1. The zero-order valence-corrected chi connectivity index (χ0v) is 21.3. The van der Waals surface area contributed by atoms with Crippen molar-refractivity contribution in [1.82, 2.24) is 9.88 Å². The first kappa shape index (κ1) is 24.4. The zero-order chi connectivity index (χ0) is 25.4. The van der Waals surface area contributed by atoms with Gasteiger partial charge in [-0.1, -0.05) is 12.1 Å². The molecule has 36 heavy (non-hydrogen) atoms. The second-order valence-corrected chi connectivity index (χ2v) is 12.2. The van der Waals surface area contributed by atoms with Gasteiger partial charge in [-0.05, 0) is 67.1 Å². The van der Waals surface area contributed by atoms with Gasteiger partial charge in [0.05, 0.1) is 5.56 Å². The molecule has 1 aromatic carbocycles. The summed E-state index contributed by atoms with van der Waals surface area (Å²) in [4.78, 5) is 6.92. The van der Waals surface area contributed by atoms with E-state index in [2.05, 4.69) is 15.2 Å². The number of likely N-dealkylation sites (N-methyl/N-ethyl adjacent to an activating group) is 1. The van der Waals surface area contributed by atoms with Crippen molar-refractivity contribution in [2.75, 3.05) is 25.6 Å². The number of sulfonamides is 1. The van der Waals surface area contributed by atoms with Gasteiger partial charge in [0.2, 0.25) is 0 Å². The van der Waals surface area contributed by atoms with E-state index in [1.165, 1.54) is 0 Å². The highest BCUT2D eigenvalue weighted by atomic mass is 32.2. The Morgan fingerprint density at radius 1 is 1.19 bits per heavy atom. The van der Waals surface area contributed by atoms with Gasteiger partial charge in [-0.15, -0.1) is 11.3 Å². The molecule has 3 heterocycles. The van der Waals surface area contributed by atoms with Gasteiger partial charge in [0.25, 0.3) is 0 Å². The van der Waals surface area contributed by atoms with E-state index in [0.29, 0.717) is 18.7 Å². The molecule has 0 fully saturated rings. The van der Waals surface area contributed by atoms with Crippen molar-refractivity contribution in [1.29, 1.82) is 10.5 Å². The van der Waals surface area contributed by atoms with Crippen LogP contribution in [0.15, 0.2) is 34.7 Å². The molecule has 0 saturated heterocycles. The van der Waals surface area contributed by atoms with Gasteiger partial charge in [0, 0.05) is 35.4 Å². The topological polar surface area (TPSA) is 137 Å². The largest absolute Gasteiger partial charge is 0.617 e. The predicted molar refractivity (Wildman–Crippen MR) is 135 cm³/mol. The minimum Gasteiger partial charge on any atom is -0.617 e. The van der Waals surface area contributed by atoms with Gasteiger partial charge in [0.15, 0.2) is 10.9 Å². The second kappa shape index (κ2) is 9.62. The van der Waals surface area contributed by atoms with E-state index in [0.717, 1.165) is 69.8 Å². The molecule has 0 saturated carbocycles. The number of thiophene rings is 1.